The SMILES string of the molecule is C=C(c1ccc(N2CCC3(CC2)CC3CCN(C)C(=C)C(C)c2ccccc2)cc1Cl)N(C)C. The Kier molecular flexibility index (Phi) is 7.33. The molecule has 1 saturated heterocycles. The lowest BCUT2D eigenvalue weighted by Crippen LogP contribution is -2.35. The lowest BCUT2D eigenvalue weighted by Gasteiger charge is -2.35. The van der Waals surface area contributed by atoms with Gasteiger partial charge < -0.3 is 14.7 Å². The second-order valence-corrected chi connectivity index (χ2v) is 11.0. The minimum Gasteiger partial charge on any atom is -0.378 e. The molecule has 0 amide bonds. The maximum absolute atomic E-state index is 6.61. The number of benzene rings is 2. The van der Waals surface area contributed by atoms with Gasteiger partial charge in [-0.1, -0.05) is 62.0 Å². The van der Waals surface area contributed by atoms with Crippen molar-refractivity contribution in [3.8, 4) is 0 Å². The highest BCUT2D eigenvalue weighted by Gasteiger charge is 2.54. The first-order chi connectivity index (χ1) is 16.2. The molecule has 2 atom stereocenters. The summed E-state index contributed by atoms with van der Waals surface area (Å²) in [4.78, 5) is 6.89. The Morgan fingerprint density at radius 1 is 1.09 bits per heavy atom. The third-order valence-electron chi connectivity index (χ3n) is 8.39. The lowest BCUT2D eigenvalue weighted by molar-refractivity contribution is 0.314. The summed E-state index contributed by atoms with van der Waals surface area (Å²) in [6, 6.07) is 17.1. The summed E-state index contributed by atoms with van der Waals surface area (Å²) < 4.78 is 0. The molecule has 2 fully saturated rings. The molecule has 2 aromatic rings. The molecule has 1 spiro atoms. The van der Waals surface area contributed by atoms with Crippen LogP contribution in [0.4, 0.5) is 5.69 Å². The number of piperidine rings is 1. The van der Waals surface area contributed by atoms with Crippen LogP contribution in [0.3, 0.4) is 0 Å². The number of hydrogen-bond donors (Lipinski definition) is 0. The Morgan fingerprint density at radius 2 is 1.76 bits per heavy atom. The van der Waals surface area contributed by atoms with Crippen molar-refractivity contribution in [2.45, 2.75) is 38.5 Å². The fourth-order valence-electron chi connectivity index (χ4n) is 5.60. The first-order valence-corrected chi connectivity index (χ1v) is 13.0. The average Bonchev–Trinajstić information content (AvgIpc) is 3.53. The van der Waals surface area contributed by atoms with Crippen molar-refractivity contribution < 1.29 is 0 Å². The quantitative estimate of drug-likeness (QED) is 0.380. The maximum atomic E-state index is 6.61. The molecule has 1 saturated carbocycles. The number of nitrogens with zero attached hydrogens (tertiary/aromatic N) is 3. The van der Waals surface area contributed by atoms with Gasteiger partial charge in [0.05, 0.1) is 5.02 Å². The predicted molar refractivity (Wildman–Crippen MR) is 147 cm³/mol. The number of likely N-dealkylation sites (N-methyl/N-ethyl adjacent to an activating group) is 1. The van der Waals surface area contributed by atoms with Crippen molar-refractivity contribution in [1.29, 1.82) is 0 Å². The number of allylic oxidation sites excluding steroid dienone is 1. The summed E-state index contributed by atoms with van der Waals surface area (Å²) in [5, 5.41) is 0.786. The summed E-state index contributed by atoms with van der Waals surface area (Å²) >= 11 is 6.61. The van der Waals surface area contributed by atoms with E-state index < -0.39 is 0 Å². The molecule has 3 nitrogen and oxygen atoms in total. The smallest absolute Gasteiger partial charge is 0.0519 e. The van der Waals surface area contributed by atoms with Gasteiger partial charge in [-0.2, -0.15) is 0 Å². The molecule has 2 aromatic carbocycles. The first-order valence-electron chi connectivity index (χ1n) is 12.6. The maximum Gasteiger partial charge on any atom is 0.0519 e. The van der Waals surface area contributed by atoms with Gasteiger partial charge in [0, 0.05) is 69.3 Å². The molecule has 1 heterocycles. The minimum absolute atomic E-state index is 0.357. The van der Waals surface area contributed by atoms with Gasteiger partial charge in [-0.25, -0.2) is 0 Å². The van der Waals surface area contributed by atoms with E-state index in [0.29, 0.717) is 11.3 Å². The van der Waals surface area contributed by atoms with Gasteiger partial charge in [0.25, 0.3) is 0 Å². The van der Waals surface area contributed by atoms with E-state index in [1.807, 2.05) is 19.0 Å². The summed E-state index contributed by atoms with van der Waals surface area (Å²) in [7, 11) is 6.21. The molecule has 2 unspecified atom stereocenters. The van der Waals surface area contributed by atoms with Gasteiger partial charge in [0.1, 0.15) is 0 Å². The van der Waals surface area contributed by atoms with E-state index in [1.54, 1.807) is 0 Å². The second kappa shape index (κ2) is 10.1. The lowest BCUT2D eigenvalue weighted by atomic mass is 9.89. The molecule has 0 radical (unpaired) electrons. The Bertz CT molecular complexity index is 1020. The zero-order valence-electron chi connectivity index (χ0n) is 21.4. The van der Waals surface area contributed by atoms with Crippen molar-refractivity contribution in [2.24, 2.45) is 11.3 Å². The molecule has 1 aliphatic carbocycles. The monoisotopic (exact) mass is 477 g/mol. The van der Waals surface area contributed by atoms with Crippen LogP contribution in [0.15, 0.2) is 67.4 Å². The highest BCUT2D eigenvalue weighted by Crippen LogP contribution is 2.61. The molecule has 0 aromatic heterocycles. The number of rotatable bonds is 9. The molecule has 0 bridgehead atoms. The van der Waals surface area contributed by atoms with Crippen molar-refractivity contribution >= 4 is 23.0 Å². The second-order valence-electron chi connectivity index (χ2n) is 10.6. The predicted octanol–water partition coefficient (Wildman–Crippen LogP) is 7.12. The number of halogens is 1. The Morgan fingerprint density at radius 3 is 2.38 bits per heavy atom. The van der Waals surface area contributed by atoms with Gasteiger partial charge in [-0.3, -0.25) is 0 Å². The Hall–Kier alpha value is -2.39. The van der Waals surface area contributed by atoms with Crippen LogP contribution < -0.4 is 4.90 Å². The zero-order valence-corrected chi connectivity index (χ0v) is 22.1. The van der Waals surface area contributed by atoms with Crippen LogP contribution in [0.1, 0.15) is 49.7 Å². The zero-order chi connectivity index (χ0) is 24.5. The number of anilines is 1. The molecule has 4 heteroatoms. The van der Waals surface area contributed by atoms with Crippen LogP contribution in [-0.2, 0) is 0 Å². The van der Waals surface area contributed by atoms with E-state index in [1.165, 1.54) is 42.6 Å². The van der Waals surface area contributed by atoms with Crippen molar-refractivity contribution in [3.05, 3.63) is 83.5 Å². The molecule has 2 aliphatic rings. The molecular formula is C30H40ClN3. The Balaban J connectivity index is 1.26. The van der Waals surface area contributed by atoms with E-state index in [9.17, 15) is 0 Å². The fourth-order valence-corrected chi connectivity index (χ4v) is 5.88. The van der Waals surface area contributed by atoms with Gasteiger partial charge in [-0.05, 0) is 60.8 Å². The highest BCUT2D eigenvalue weighted by atomic mass is 35.5. The van der Waals surface area contributed by atoms with Gasteiger partial charge in [0.15, 0.2) is 0 Å². The normalized spacial score (nSPS) is 19.6. The molecule has 34 heavy (non-hydrogen) atoms. The van der Waals surface area contributed by atoms with Crippen LogP contribution in [0.5, 0.6) is 0 Å². The van der Waals surface area contributed by atoms with Crippen molar-refractivity contribution in [3.63, 3.8) is 0 Å². The number of hydrogen-bond acceptors (Lipinski definition) is 3. The van der Waals surface area contributed by atoms with E-state index in [-0.39, 0.29) is 0 Å². The van der Waals surface area contributed by atoms with Gasteiger partial charge >= 0.3 is 0 Å². The first kappa shape index (κ1) is 24.7. The van der Waals surface area contributed by atoms with E-state index in [0.717, 1.165) is 41.8 Å². The third-order valence-corrected chi connectivity index (χ3v) is 8.70. The molecular weight excluding hydrogens is 438 g/mol. The van der Waals surface area contributed by atoms with E-state index in [2.05, 4.69) is 85.5 Å². The standard InChI is InChI=1S/C30H40ClN3/c1-22(25-10-8-7-9-11-25)23(2)33(6)17-14-26-21-30(26)15-18-34(19-16-30)27-12-13-28(29(31)20-27)24(3)32(4)5/h7-13,20,22,26H,2-3,14-19,21H2,1,4-6H3. The summed E-state index contributed by atoms with van der Waals surface area (Å²) in [5.41, 5.74) is 6.31. The highest BCUT2D eigenvalue weighted by molar-refractivity contribution is 6.32. The molecule has 182 valence electrons. The fraction of sp³-hybridized carbons (Fsp3) is 0.467. The van der Waals surface area contributed by atoms with Crippen LogP contribution in [-0.4, -0.2) is 50.6 Å². The molecule has 4 rings (SSSR count). The van der Waals surface area contributed by atoms with E-state index in [4.69, 9.17) is 11.6 Å². The minimum atomic E-state index is 0.357. The van der Waals surface area contributed by atoms with Gasteiger partial charge in [-0.15, -0.1) is 0 Å². The third kappa shape index (κ3) is 5.15. The van der Waals surface area contributed by atoms with Crippen molar-refractivity contribution in [2.75, 3.05) is 45.7 Å². The van der Waals surface area contributed by atoms with Crippen LogP contribution >= 0.6 is 11.6 Å². The molecule has 0 N–H and O–H groups in total. The Labute approximate surface area is 211 Å². The van der Waals surface area contributed by atoms with Crippen LogP contribution in [0, 0.1) is 11.3 Å². The summed E-state index contributed by atoms with van der Waals surface area (Å²) in [6.45, 7) is 14.2. The molecule has 1 aliphatic heterocycles. The van der Waals surface area contributed by atoms with E-state index >= 15 is 0 Å². The summed E-state index contributed by atoms with van der Waals surface area (Å²) in [6.07, 6.45) is 5.22. The average molecular weight is 478 g/mol. The van der Waals surface area contributed by atoms with Crippen LogP contribution in [0.25, 0.3) is 5.70 Å². The van der Waals surface area contributed by atoms with Crippen molar-refractivity contribution in [1.82, 2.24) is 9.80 Å². The largest absolute Gasteiger partial charge is 0.378 e. The van der Waals surface area contributed by atoms with Gasteiger partial charge in [0.2, 0.25) is 0 Å². The van der Waals surface area contributed by atoms with Crippen LogP contribution in [0.2, 0.25) is 5.02 Å². The topological polar surface area (TPSA) is 9.72 Å². The summed E-state index contributed by atoms with van der Waals surface area (Å²) in [5.74, 6) is 1.21.